The standard InChI is InChI=1S/C18H29N3.HI/c1-18(2,13-15-9-5-4-6-10-15)14-20-17(19-3)21-16-11-7-8-12-16;/h4-6,9-10,16H,7-8,11-14H2,1-3H3,(H2,19,20,21);1H. The zero-order valence-corrected chi connectivity index (χ0v) is 16.4. The minimum atomic E-state index is 0. The van der Waals surface area contributed by atoms with Crippen LogP contribution in [0.3, 0.4) is 0 Å². The monoisotopic (exact) mass is 415 g/mol. The van der Waals surface area contributed by atoms with Crippen molar-refractivity contribution in [1.82, 2.24) is 10.6 Å². The van der Waals surface area contributed by atoms with Crippen molar-refractivity contribution in [1.29, 1.82) is 0 Å². The van der Waals surface area contributed by atoms with Crippen molar-refractivity contribution in [2.75, 3.05) is 13.6 Å². The van der Waals surface area contributed by atoms with Gasteiger partial charge in [0.05, 0.1) is 0 Å². The predicted molar refractivity (Wildman–Crippen MR) is 106 cm³/mol. The number of aliphatic imine (C=N–C) groups is 1. The number of guanidine groups is 1. The van der Waals surface area contributed by atoms with E-state index in [-0.39, 0.29) is 29.4 Å². The van der Waals surface area contributed by atoms with Crippen molar-refractivity contribution in [3.8, 4) is 0 Å². The maximum atomic E-state index is 4.36. The van der Waals surface area contributed by atoms with Crippen LogP contribution in [0.4, 0.5) is 0 Å². The van der Waals surface area contributed by atoms with Gasteiger partial charge in [0.2, 0.25) is 0 Å². The summed E-state index contributed by atoms with van der Waals surface area (Å²) >= 11 is 0. The van der Waals surface area contributed by atoms with Gasteiger partial charge in [-0.05, 0) is 30.2 Å². The SMILES string of the molecule is CN=C(NCC(C)(C)Cc1ccccc1)NC1CCCC1.I. The van der Waals surface area contributed by atoms with Gasteiger partial charge < -0.3 is 10.6 Å². The third kappa shape index (κ3) is 6.55. The highest BCUT2D eigenvalue weighted by molar-refractivity contribution is 14.0. The highest BCUT2D eigenvalue weighted by Crippen LogP contribution is 2.21. The lowest BCUT2D eigenvalue weighted by Crippen LogP contribution is -2.45. The second kappa shape index (κ2) is 9.38. The van der Waals surface area contributed by atoms with Crippen LogP contribution < -0.4 is 10.6 Å². The van der Waals surface area contributed by atoms with E-state index in [1.807, 2.05) is 7.05 Å². The summed E-state index contributed by atoms with van der Waals surface area (Å²) in [6.45, 7) is 5.53. The van der Waals surface area contributed by atoms with Crippen LogP contribution in [0, 0.1) is 5.41 Å². The quantitative estimate of drug-likeness (QED) is 0.434. The molecule has 3 nitrogen and oxygen atoms in total. The number of halogens is 1. The molecule has 0 aliphatic heterocycles. The molecule has 0 atom stereocenters. The van der Waals surface area contributed by atoms with E-state index < -0.39 is 0 Å². The molecule has 0 amide bonds. The summed E-state index contributed by atoms with van der Waals surface area (Å²) in [5.74, 6) is 0.947. The molecule has 0 bridgehead atoms. The summed E-state index contributed by atoms with van der Waals surface area (Å²) in [5.41, 5.74) is 1.59. The largest absolute Gasteiger partial charge is 0.356 e. The smallest absolute Gasteiger partial charge is 0.191 e. The lowest BCUT2D eigenvalue weighted by molar-refractivity contribution is 0.358. The number of hydrogen-bond donors (Lipinski definition) is 2. The average Bonchev–Trinajstić information content (AvgIpc) is 2.97. The Morgan fingerprint density at radius 1 is 1.18 bits per heavy atom. The van der Waals surface area contributed by atoms with Gasteiger partial charge in [-0.25, -0.2) is 0 Å². The van der Waals surface area contributed by atoms with Crippen LogP contribution in [-0.2, 0) is 6.42 Å². The lowest BCUT2D eigenvalue weighted by Gasteiger charge is -2.27. The summed E-state index contributed by atoms with van der Waals surface area (Å²) in [5, 5.41) is 7.04. The summed E-state index contributed by atoms with van der Waals surface area (Å²) < 4.78 is 0. The number of hydrogen-bond acceptors (Lipinski definition) is 1. The maximum absolute atomic E-state index is 4.36. The molecule has 1 aromatic rings. The topological polar surface area (TPSA) is 36.4 Å². The zero-order chi connectivity index (χ0) is 15.1. The third-order valence-electron chi connectivity index (χ3n) is 4.18. The highest BCUT2D eigenvalue weighted by Gasteiger charge is 2.20. The first-order valence-corrected chi connectivity index (χ1v) is 8.10. The molecule has 1 fully saturated rings. The van der Waals surface area contributed by atoms with E-state index >= 15 is 0 Å². The van der Waals surface area contributed by atoms with Crippen molar-refractivity contribution < 1.29 is 0 Å². The highest BCUT2D eigenvalue weighted by atomic mass is 127. The molecule has 2 N–H and O–H groups in total. The van der Waals surface area contributed by atoms with Crippen LogP contribution in [0.15, 0.2) is 35.3 Å². The van der Waals surface area contributed by atoms with Crippen LogP contribution in [-0.4, -0.2) is 25.6 Å². The molecular weight excluding hydrogens is 385 g/mol. The molecule has 0 saturated heterocycles. The molecule has 4 heteroatoms. The molecule has 1 saturated carbocycles. The molecular formula is C18H30IN3. The van der Waals surface area contributed by atoms with Gasteiger partial charge in [-0.3, -0.25) is 4.99 Å². The second-order valence-electron chi connectivity index (χ2n) is 6.88. The number of nitrogens with zero attached hydrogens (tertiary/aromatic N) is 1. The van der Waals surface area contributed by atoms with Crippen LogP contribution in [0.5, 0.6) is 0 Å². The van der Waals surface area contributed by atoms with E-state index in [2.05, 4.69) is 59.8 Å². The van der Waals surface area contributed by atoms with Crippen molar-refractivity contribution >= 4 is 29.9 Å². The Morgan fingerprint density at radius 3 is 2.41 bits per heavy atom. The van der Waals surface area contributed by atoms with Crippen LogP contribution in [0.2, 0.25) is 0 Å². The molecule has 1 aromatic carbocycles. The Bertz CT molecular complexity index is 451. The molecule has 0 radical (unpaired) electrons. The average molecular weight is 415 g/mol. The Balaban J connectivity index is 0.00000242. The first-order chi connectivity index (χ1) is 10.1. The fourth-order valence-corrected chi connectivity index (χ4v) is 2.99. The number of nitrogens with one attached hydrogen (secondary N) is 2. The van der Waals surface area contributed by atoms with E-state index in [0.29, 0.717) is 6.04 Å². The molecule has 0 spiro atoms. The van der Waals surface area contributed by atoms with Gasteiger partial charge >= 0.3 is 0 Å². The van der Waals surface area contributed by atoms with Crippen molar-refractivity contribution in [3.05, 3.63) is 35.9 Å². The molecule has 2 rings (SSSR count). The van der Waals surface area contributed by atoms with E-state index in [4.69, 9.17) is 0 Å². The lowest BCUT2D eigenvalue weighted by atomic mass is 9.86. The van der Waals surface area contributed by atoms with Gasteiger partial charge in [0.1, 0.15) is 0 Å². The normalized spacial score (nSPS) is 16.2. The number of rotatable bonds is 5. The van der Waals surface area contributed by atoms with Crippen LogP contribution >= 0.6 is 24.0 Å². The van der Waals surface area contributed by atoms with E-state index in [1.54, 1.807) is 0 Å². The minimum Gasteiger partial charge on any atom is -0.356 e. The Labute approximate surface area is 152 Å². The molecule has 1 aliphatic rings. The summed E-state index contributed by atoms with van der Waals surface area (Å²) in [7, 11) is 1.86. The number of benzene rings is 1. The summed E-state index contributed by atoms with van der Waals surface area (Å²) in [4.78, 5) is 4.36. The summed E-state index contributed by atoms with van der Waals surface area (Å²) in [6.07, 6.45) is 6.30. The van der Waals surface area contributed by atoms with E-state index in [9.17, 15) is 0 Å². The fourth-order valence-electron chi connectivity index (χ4n) is 2.99. The fraction of sp³-hybridized carbons (Fsp3) is 0.611. The molecule has 22 heavy (non-hydrogen) atoms. The second-order valence-corrected chi connectivity index (χ2v) is 6.88. The van der Waals surface area contributed by atoms with E-state index in [0.717, 1.165) is 18.9 Å². The molecule has 1 aliphatic carbocycles. The van der Waals surface area contributed by atoms with Crippen LogP contribution in [0.1, 0.15) is 45.1 Å². The Kier molecular flexibility index (Phi) is 8.21. The molecule has 0 unspecified atom stereocenters. The van der Waals surface area contributed by atoms with Crippen molar-refractivity contribution in [3.63, 3.8) is 0 Å². The van der Waals surface area contributed by atoms with Gasteiger partial charge in [-0.1, -0.05) is 57.0 Å². The van der Waals surface area contributed by atoms with Gasteiger partial charge in [0.15, 0.2) is 5.96 Å². The van der Waals surface area contributed by atoms with Crippen LogP contribution in [0.25, 0.3) is 0 Å². The third-order valence-corrected chi connectivity index (χ3v) is 4.18. The van der Waals surface area contributed by atoms with Gasteiger partial charge in [0.25, 0.3) is 0 Å². The summed E-state index contributed by atoms with van der Waals surface area (Å²) in [6, 6.07) is 11.3. The Hall–Kier alpha value is -0.780. The van der Waals surface area contributed by atoms with Gasteiger partial charge in [-0.15, -0.1) is 24.0 Å². The Morgan fingerprint density at radius 2 is 1.82 bits per heavy atom. The van der Waals surface area contributed by atoms with Gasteiger partial charge in [-0.2, -0.15) is 0 Å². The molecule has 124 valence electrons. The predicted octanol–water partition coefficient (Wildman–Crippen LogP) is 3.98. The molecule has 0 heterocycles. The first kappa shape index (κ1) is 19.3. The van der Waals surface area contributed by atoms with Crippen molar-refractivity contribution in [2.24, 2.45) is 10.4 Å². The zero-order valence-electron chi connectivity index (χ0n) is 14.1. The molecule has 0 aromatic heterocycles. The first-order valence-electron chi connectivity index (χ1n) is 8.10. The van der Waals surface area contributed by atoms with Crippen molar-refractivity contribution in [2.45, 2.75) is 52.0 Å². The minimum absolute atomic E-state index is 0. The maximum Gasteiger partial charge on any atom is 0.191 e. The van der Waals surface area contributed by atoms with E-state index in [1.165, 1.54) is 31.2 Å². The van der Waals surface area contributed by atoms with Gasteiger partial charge in [0, 0.05) is 19.6 Å².